The molecule has 0 atom stereocenters. The highest BCUT2D eigenvalue weighted by Crippen LogP contribution is 2.19. The van der Waals surface area contributed by atoms with Crippen LogP contribution in [-0.2, 0) is 9.53 Å². The van der Waals surface area contributed by atoms with Crippen molar-refractivity contribution in [3.8, 4) is 0 Å². The standard InChI is InChI=1S/C14H20N2O2S/c1-3-9-18-10-8-13(17)16(2)12-7-5-4-6-11(12)14(15)19/h4-7H,3,8-10H2,1-2H3,(H2,15,19). The first-order chi connectivity index (χ1) is 9.07. The molecular formula is C14H20N2O2S. The van der Waals surface area contributed by atoms with Crippen LogP contribution in [-0.4, -0.2) is 31.2 Å². The zero-order chi connectivity index (χ0) is 14.3. The summed E-state index contributed by atoms with van der Waals surface area (Å²) in [6, 6.07) is 7.35. The number of nitrogens with two attached hydrogens (primary N) is 1. The number of thiocarbonyl (C=S) groups is 1. The maximum absolute atomic E-state index is 12.0. The quantitative estimate of drug-likeness (QED) is 0.614. The van der Waals surface area contributed by atoms with Crippen molar-refractivity contribution >= 4 is 28.8 Å². The third-order valence-electron chi connectivity index (χ3n) is 2.71. The Balaban J connectivity index is 2.69. The number of carbonyl (C=O) groups excluding carboxylic acids is 1. The van der Waals surface area contributed by atoms with E-state index >= 15 is 0 Å². The number of nitrogens with zero attached hydrogens (tertiary/aromatic N) is 1. The van der Waals surface area contributed by atoms with E-state index in [1.165, 1.54) is 0 Å². The van der Waals surface area contributed by atoms with Crippen LogP contribution in [0.5, 0.6) is 0 Å². The van der Waals surface area contributed by atoms with Gasteiger partial charge in [0.1, 0.15) is 4.99 Å². The maximum Gasteiger partial charge on any atom is 0.229 e. The summed E-state index contributed by atoms with van der Waals surface area (Å²) in [5, 5.41) is 0. The topological polar surface area (TPSA) is 55.6 Å². The van der Waals surface area contributed by atoms with Gasteiger partial charge < -0.3 is 15.4 Å². The van der Waals surface area contributed by atoms with Crippen molar-refractivity contribution in [3.63, 3.8) is 0 Å². The molecular weight excluding hydrogens is 260 g/mol. The maximum atomic E-state index is 12.0. The second kappa shape index (κ2) is 7.86. The van der Waals surface area contributed by atoms with E-state index in [2.05, 4.69) is 0 Å². The van der Waals surface area contributed by atoms with Crippen LogP contribution in [0.15, 0.2) is 24.3 Å². The van der Waals surface area contributed by atoms with Gasteiger partial charge in [-0.25, -0.2) is 0 Å². The van der Waals surface area contributed by atoms with Crippen LogP contribution >= 0.6 is 12.2 Å². The molecule has 0 aliphatic rings. The van der Waals surface area contributed by atoms with Crippen molar-refractivity contribution < 1.29 is 9.53 Å². The highest BCUT2D eigenvalue weighted by molar-refractivity contribution is 7.80. The van der Waals surface area contributed by atoms with Gasteiger partial charge in [0.2, 0.25) is 5.91 Å². The molecule has 1 aromatic carbocycles. The number of hydrogen-bond donors (Lipinski definition) is 1. The summed E-state index contributed by atoms with van der Waals surface area (Å²) in [6.07, 6.45) is 1.30. The van der Waals surface area contributed by atoms with Crippen LogP contribution in [0.4, 0.5) is 5.69 Å². The zero-order valence-corrected chi connectivity index (χ0v) is 12.2. The number of carbonyl (C=O) groups is 1. The normalized spacial score (nSPS) is 10.2. The molecule has 0 bridgehead atoms. The van der Waals surface area contributed by atoms with E-state index in [9.17, 15) is 4.79 Å². The van der Waals surface area contributed by atoms with E-state index in [1.54, 1.807) is 11.9 Å². The molecule has 1 rings (SSSR count). The summed E-state index contributed by atoms with van der Waals surface area (Å²) in [7, 11) is 1.72. The molecule has 5 heteroatoms. The lowest BCUT2D eigenvalue weighted by Gasteiger charge is -2.20. The fourth-order valence-electron chi connectivity index (χ4n) is 1.68. The van der Waals surface area contributed by atoms with E-state index in [0.29, 0.717) is 25.2 Å². The summed E-state index contributed by atoms with van der Waals surface area (Å²) in [5.74, 6) is -0.0141. The summed E-state index contributed by atoms with van der Waals surface area (Å²) in [5.41, 5.74) is 7.10. The molecule has 2 N–H and O–H groups in total. The number of rotatable bonds is 7. The average molecular weight is 280 g/mol. The molecule has 4 nitrogen and oxygen atoms in total. The van der Waals surface area contributed by atoms with E-state index in [4.69, 9.17) is 22.7 Å². The zero-order valence-electron chi connectivity index (χ0n) is 11.4. The minimum atomic E-state index is -0.0141. The second-order valence-corrected chi connectivity index (χ2v) is 4.64. The summed E-state index contributed by atoms with van der Waals surface area (Å²) in [6.45, 7) is 3.15. The van der Waals surface area contributed by atoms with Crippen LogP contribution in [0.3, 0.4) is 0 Å². The van der Waals surface area contributed by atoms with Gasteiger partial charge in [0.15, 0.2) is 0 Å². The molecule has 1 aromatic rings. The van der Waals surface area contributed by atoms with Crippen molar-refractivity contribution in [2.45, 2.75) is 19.8 Å². The summed E-state index contributed by atoms with van der Waals surface area (Å²) < 4.78 is 5.32. The fraction of sp³-hybridized carbons (Fsp3) is 0.429. The average Bonchev–Trinajstić information content (AvgIpc) is 2.42. The summed E-state index contributed by atoms with van der Waals surface area (Å²) >= 11 is 4.99. The van der Waals surface area contributed by atoms with Gasteiger partial charge in [-0.15, -0.1) is 0 Å². The number of para-hydroxylation sites is 1. The summed E-state index contributed by atoms with van der Waals surface area (Å²) in [4.78, 5) is 13.9. The Morgan fingerprint density at radius 3 is 2.68 bits per heavy atom. The van der Waals surface area contributed by atoms with Gasteiger partial charge in [-0.1, -0.05) is 31.3 Å². The van der Waals surface area contributed by atoms with Gasteiger partial charge in [-0.2, -0.15) is 0 Å². The number of benzene rings is 1. The largest absolute Gasteiger partial charge is 0.389 e. The smallest absolute Gasteiger partial charge is 0.229 e. The third-order valence-corrected chi connectivity index (χ3v) is 2.93. The minimum Gasteiger partial charge on any atom is -0.389 e. The molecule has 1 amide bonds. The molecule has 0 aliphatic heterocycles. The Labute approximate surface area is 119 Å². The van der Waals surface area contributed by atoms with E-state index in [1.807, 2.05) is 31.2 Å². The van der Waals surface area contributed by atoms with Crippen LogP contribution < -0.4 is 10.6 Å². The Morgan fingerprint density at radius 2 is 2.05 bits per heavy atom. The van der Waals surface area contributed by atoms with Crippen LogP contribution in [0.1, 0.15) is 25.3 Å². The van der Waals surface area contributed by atoms with E-state index in [-0.39, 0.29) is 10.9 Å². The van der Waals surface area contributed by atoms with Crippen LogP contribution in [0, 0.1) is 0 Å². The predicted octanol–water partition coefficient (Wildman–Crippen LogP) is 2.10. The van der Waals surface area contributed by atoms with Gasteiger partial charge in [0.05, 0.1) is 18.7 Å². The first kappa shape index (κ1) is 15.6. The van der Waals surface area contributed by atoms with Gasteiger partial charge in [-0.05, 0) is 18.6 Å². The molecule has 0 saturated heterocycles. The molecule has 0 radical (unpaired) electrons. The van der Waals surface area contributed by atoms with E-state index in [0.717, 1.165) is 12.1 Å². The highest BCUT2D eigenvalue weighted by Gasteiger charge is 2.14. The molecule has 0 spiro atoms. The lowest BCUT2D eigenvalue weighted by Crippen LogP contribution is -2.29. The Kier molecular flexibility index (Phi) is 6.45. The number of anilines is 1. The van der Waals surface area contributed by atoms with Crippen molar-refractivity contribution in [1.29, 1.82) is 0 Å². The lowest BCUT2D eigenvalue weighted by atomic mass is 10.1. The number of amides is 1. The Bertz CT molecular complexity index is 449. The van der Waals surface area contributed by atoms with Crippen LogP contribution in [0.25, 0.3) is 0 Å². The molecule has 0 fully saturated rings. The molecule has 0 unspecified atom stereocenters. The molecule has 19 heavy (non-hydrogen) atoms. The van der Waals surface area contributed by atoms with Crippen molar-refractivity contribution in [2.75, 3.05) is 25.2 Å². The first-order valence-electron chi connectivity index (χ1n) is 6.31. The van der Waals surface area contributed by atoms with Gasteiger partial charge in [0.25, 0.3) is 0 Å². The molecule has 0 aliphatic carbocycles. The van der Waals surface area contributed by atoms with Gasteiger partial charge >= 0.3 is 0 Å². The van der Waals surface area contributed by atoms with Crippen LogP contribution in [0.2, 0.25) is 0 Å². The monoisotopic (exact) mass is 280 g/mol. The Hall–Kier alpha value is -1.46. The van der Waals surface area contributed by atoms with Crippen molar-refractivity contribution in [1.82, 2.24) is 0 Å². The molecule has 104 valence electrons. The number of ether oxygens (including phenoxy) is 1. The minimum absolute atomic E-state index is 0.0141. The van der Waals surface area contributed by atoms with Crippen molar-refractivity contribution in [3.05, 3.63) is 29.8 Å². The fourth-order valence-corrected chi connectivity index (χ4v) is 1.86. The molecule has 0 heterocycles. The predicted molar refractivity (Wildman–Crippen MR) is 81.5 cm³/mol. The third kappa shape index (κ3) is 4.61. The molecule has 0 aromatic heterocycles. The van der Waals surface area contributed by atoms with E-state index < -0.39 is 0 Å². The van der Waals surface area contributed by atoms with Crippen molar-refractivity contribution in [2.24, 2.45) is 5.73 Å². The van der Waals surface area contributed by atoms with Gasteiger partial charge in [0, 0.05) is 19.2 Å². The SMILES string of the molecule is CCCOCCC(=O)N(C)c1ccccc1C(N)=S. The second-order valence-electron chi connectivity index (χ2n) is 4.20. The number of hydrogen-bond acceptors (Lipinski definition) is 3. The molecule has 0 saturated carbocycles. The highest BCUT2D eigenvalue weighted by atomic mass is 32.1. The van der Waals surface area contributed by atoms with Gasteiger partial charge in [-0.3, -0.25) is 4.79 Å². The first-order valence-corrected chi connectivity index (χ1v) is 6.71. The lowest BCUT2D eigenvalue weighted by molar-refractivity contribution is -0.119. The Morgan fingerprint density at radius 1 is 1.37 bits per heavy atom.